The van der Waals surface area contributed by atoms with Gasteiger partial charge in [-0.2, -0.15) is 0 Å². The van der Waals surface area contributed by atoms with E-state index in [9.17, 15) is 14.4 Å². The Balaban J connectivity index is 2.98. The zero-order valence-corrected chi connectivity index (χ0v) is 12.4. The van der Waals surface area contributed by atoms with Gasteiger partial charge in [-0.25, -0.2) is 14.4 Å². The molecule has 1 fully saturated rings. The van der Waals surface area contributed by atoms with Crippen molar-refractivity contribution >= 4 is 29.7 Å². The maximum absolute atomic E-state index is 11.8. The van der Waals surface area contributed by atoms with Crippen LogP contribution >= 0.6 is 11.8 Å². The monoisotopic (exact) mass is 303 g/mol. The van der Waals surface area contributed by atoms with Gasteiger partial charge < -0.3 is 19.5 Å². The molecule has 0 aromatic carbocycles. The van der Waals surface area contributed by atoms with Crippen molar-refractivity contribution in [3.05, 3.63) is 10.6 Å². The lowest BCUT2D eigenvalue weighted by molar-refractivity contribution is -0.147. The van der Waals surface area contributed by atoms with Gasteiger partial charge >= 0.3 is 17.9 Å². The van der Waals surface area contributed by atoms with Gasteiger partial charge in [-0.05, 0) is 13.8 Å². The fraction of sp³-hybridized carbons (Fsp3) is 0.583. The summed E-state index contributed by atoms with van der Waals surface area (Å²) >= 11 is 1.18. The van der Waals surface area contributed by atoms with Gasteiger partial charge in [0.25, 0.3) is 0 Å². The van der Waals surface area contributed by atoms with E-state index in [-0.39, 0.29) is 23.8 Å². The number of thioether (sulfide) groups is 1. The largest absolute Gasteiger partial charge is 0.467 e. The number of nitrogens with one attached hydrogen (secondary N) is 1. The molecule has 112 valence electrons. The van der Waals surface area contributed by atoms with E-state index in [0.29, 0.717) is 5.75 Å². The fourth-order valence-electron chi connectivity index (χ4n) is 1.50. The average molecular weight is 303 g/mol. The van der Waals surface area contributed by atoms with Crippen LogP contribution in [0.15, 0.2) is 10.6 Å². The van der Waals surface area contributed by atoms with Crippen LogP contribution in [0, 0.1) is 0 Å². The lowest BCUT2D eigenvalue weighted by Crippen LogP contribution is -2.34. The molecule has 20 heavy (non-hydrogen) atoms. The van der Waals surface area contributed by atoms with Crippen LogP contribution in [0.5, 0.6) is 0 Å². The van der Waals surface area contributed by atoms with Crippen LogP contribution in [-0.2, 0) is 28.6 Å². The smallest absolute Gasteiger partial charge is 0.348 e. The highest BCUT2D eigenvalue weighted by Crippen LogP contribution is 2.27. The second-order valence-electron chi connectivity index (χ2n) is 3.68. The molecule has 0 aromatic rings. The SMILES string of the molecule is CCOC(=O)C(C(=O)OCC)=C1NC(C(=O)OC)CS1. The molecule has 1 heterocycles. The average Bonchev–Trinajstić information content (AvgIpc) is 2.88. The van der Waals surface area contributed by atoms with Crippen molar-refractivity contribution < 1.29 is 28.6 Å². The van der Waals surface area contributed by atoms with Gasteiger partial charge in [0.1, 0.15) is 6.04 Å². The molecular formula is C12H17NO6S. The second kappa shape index (κ2) is 7.78. The first-order valence-electron chi connectivity index (χ1n) is 6.10. The highest BCUT2D eigenvalue weighted by Gasteiger charge is 2.34. The van der Waals surface area contributed by atoms with E-state index in [1.807, 2.05) is 0 Å². The number of hydrogen-bond acceptors (Lipinski definition) is 8. The van der Waals surface area contributed by atoms with Gasteiger partial charge in [-0.1, -0.05) is 0 Å². The van der Waals surface area contributed by atoms with Gasteiger partial charge in [0.15, 0.2) is 5.57 Å². The van der Waals surface area contributed by atoms with Crippen LogP contribution in [0.1, 0.15) is 13.8 Å². The van der Waals surface area contributed by atoms with Crippen LogP contribution in [0.3, 0.4) is 0 Å². The number of carbonyl (C=O) groups excluding carboxylic acids is 3. The summed E-state index contributed by atoms with van der Waals surface area (Å²) in [7, 11) is 1.27. The molecule has 1 saturated heterocycles. The van der Waals surface area contributed by atoms with Crippen molar-refractivity contribution in [2.75, 3.05) is 26.1 Å². The summed E-state index contributed by atoms with van der Waals surface area (Å²) in [6.07, 6.45) is 0. The summed E-state index contributed by atoms with van der Waals surface area (Å²) in [5.41, 5.74) is -0.217. The third-order valence-corrected chi connectivity index (χ3v) is 3.48. The van der Waals surface area contributed by atoms with E-state index in [4.69, 9.17) is 9.47 Å². The minimum atomic E-state index is -0.772. The summed E-state index contributed by atoms with van der Waals surface area (Å²) in [5.74, 6) is -1.64. The van der Waals surface area contributed by atoms with Crippen molar-refractivity contribution in [2.24, 2.45) is 0 Å². The predicted octanol–water partition coefficient (Wildman–Crippen LogP) is 0.202. The quantitative estimate of drug-likeness (QED) is 0.253. The Kier molecular flexibility index (Phi) is 6.37. The van der Waals surface area contributed by atoms with E-state index in [0.717, 1.165) is 0 Å². The standard InChI is InChI=1S/C12H17NO6S/c1-4-18-11(15)8(12(16)19-5-2)9-13-7(6-20-9)10(14)17-3/h7,13H,4-6H2,1-3H3. The highest BCUT2D eigenvalue weighted by molar-refractivity contribution is 8.03. The molecule has 0 spiro atoms. The summed E-state index contributed by atoms with van der Waals surface area (Å²) in [6, 6.07) is -0.598. The van der Waals surface area contributed by atoms with E-state index >= 15 is 0 Å². The minimum Gasteiger partial charge on any atom is -0.467 e. The molecule has 0 aliphatic carbocycles. The van der Waals surface area contributed by atoms with E-state index < -0.39 is 23.9 Å². The lowest BCUT2D eigenvalue weighted by atomic mass is 10.2. The van der Waals surface area contributed by atoms with E-state index in [2.05, 4.69) is 10.1 Å². The summed E-state index contributed by atoms with van der Waals surface area (Å²) in [5, 5.41) is 3.06. The minimum absolute atomic E-state index is 0.139. The number of esters is 3. The van der Waals surface area contributed by atoms with Gasteiger partial charge in [0.2, 0.25) is 0 Å². The first-order valence-corrected chi connectivity index (χ1v) is 7.09. The van der Waals surface area contributed by atoms with Crippen molar-refractivity contribution in [3.8, 4) is 0 Å². The van der Waals surface area contributed by atoms with Crippen molar-refractivity contribution in [2.45, 2.75) is 19.9 Å². The molecule has 8 heteroatoms. The Labute approximate surface area is 121 Å². The van der Waals surface area contributed by atoms with Gasteiger partial charge in [-0.15, -0.1) is 11.8 Å². The first kappa shape index (κ1) is 16.4. The summed E-state index contributed by atoms with van der Waals surface area (Å²) < 4.78 is 14.3. The number of carbonyl (C=O) groups is 3. The highest BCUT2D eigenvalue weighted by atomic mass is 32.2. The number of rotatable bonds is 5. The normalized spacial score (nSPS) is 17.1. The molecule has 1 rings (SSSR count). The zero-order valence-electron chi connectivity index (χ0n) is 11.6. The Morgan fingerprint density at radius 1 is 1.20 bits per heavy atom. The molecule has 0 saturated carbocycles. The predicted molar refractivity (Wildman–Crippen MR) is 71.7 cm³/mol. The maximum atomic E-state index is 11.8. The van der Waals surface area contributed by atoms with Gasteiger partial charge in [0, 0.05) is 5.75 Å². The third kappa shape index (κ3) is 3.89. The van der Waals surface area contributed by atoms with E-state index in [1.54, 1.807) is 13.8 Å². The number of ether oxygens (including phenoxy) is 3. The Morgan fingerprint density at radius 3 is 2.20 bits per heavy atom. The molecule has 0 radical (unpaired) electrons. The number of hydrogen-bond donors (Lipinski definition) is 1. The molecular weight excluding hydrogens is 286 g/mol. The second-order valence-corrected chi connectivity index (χ2v) is 4.71. The van der Waals surface area contributed by atoms with Gasteiger partial charge in [0.05, 0.1) is 25.4 Å². The fourth-order valence-corrected chi connectivity index (χ4v) is 2.59. The zero-order chi connectivity index (χ0) is 15.1. The third-order valence-electron chi connectivity index (χ3n) is 2.37. The van der Waals surface area contributed by atoms with Crippen LogP contribution in [0.25, 0.3) is 0 Å². The maximum Gasteiger partial charge on any atom is 0.348 e. The van der Waals surface area contributed by atoms with Crippen LogP contribution < -0.4 is 5.32 Å². The molecule has 1 aliphatic heterocycles. The number of methoxy groups -OCH3 is 1. The lowest BCUT2D eigenvalue weighted by Gasteiger charge is -2.11. The van der Waals surface area contributed by atoms with E-state index in [1.165, 1.54) is 18.9 Å². The summed E-state index contributed by atoms with van der Waals surface area (Å²) in [4.78, 5) is 35.1. The molecule has 7 nitrogen and oxygen atoms in total. The molecule has 1 aliphatic rings. The van der Waals surface area contributed by atoms with Crippen molar-refractivity contribution in [1.82, 2.24) is 5.32 Å². The molecule has 0 bridgehead atoms. The van der Waals surface area contributed by atoms with Gasteiger partial charge in [-0.3, -0.25) is 0 Å². The van der Waals surface area contributed by atoms with Crippen LogP contribution in [0.4, 0.5) is 0 Å². The molecule has 0 amide bonds. The molecule has 1 atom stereocenters. The van der Waals surface area contributed by atoms with Crippen LogP contribution in [-0.4, -0.2) is 50.0 Å². The molecule has 1 N–H and O–H groups in total. The van der Waals surface area contributed by atoms with Crippen molar-refractivity contribution in [1.29, 1.82) is 0 Å². The topological polar surface area (TPSA) is 90.9 Å². The molecule has 1 unspecified atom stereocenters. The Bertz CT molecular complexity index is 414. The Morgan fingerprint density at radius 2 is 1.75 bits per heavy atom. The molecule has 0 aromatic heterocycles. The van der Waals surface area contributed by atoms with Crippen LogP contribution in [0.2, 0.25) is 0 Å². The first-order chi connectivity index (χ1) is 9.54. The van der Waals surface area contributed by atoms with Crippen molar-refractivity contribution in [3.63, 3.8) is 0 Å². The summed E-state index contributed by atoms with van der Waals surface area (Å²) in [6.45, 7) is 3.55. The Hall–Kier alpha value is -1.70.